The van der Waals surface area contributed by atoms with Gasteiger partial charge in [0, 0.05) is 61.6 Å². The molecule has 2 aliphatic rings. The Morgan fingerprint density at radius 1 is 0.420 bits per heavy atom. The zero-order chi connectivity index (χ0) is 58.5. The van der Waals surface area contributed by atoms with Crippen LogP contribution in [0.25, 0.3) is 89.7 Å². The Bertz CT molecular complexity index is 3990. The van der Waals surface area contributed by atoms with Gasteiger partial charge in [0.25, 0.3) is 0 Å². The molecule has 10 nitrogen and oxygen atoms in total. The maximum Gasteiger partial charge on any atom is 2.00 e. The maximum absolute atomic E-state index is 6.98. The summed E-state index contributed by atoms with van der Waals surface area (Å²) in [6, 6.07) is 25.6. The number of benzene rings is 4. The number of nitrogens with zero attached hydrogens (tertiary/aromatic N) is 8. The molecule has 0 spiro atoms. The van der Waals surface area contributed by atoms with Crippen LogP contribution in [-0.2, 0) is 44.6 Å². The topological polar surface area (TPSA) is 124 Å². The Kier molecular flexibility index (Phi) is 16.3. The number of rotatable bonds is 6. The second kappa shape index (κ2) is 21.5. The molecule has 14 heteroatoms. The molecule has 3 aromatic heterocycles. The molecule has 0 N–H and O–H groups in total. The van der Waals surface area contributed by atoms with E-state index >= 15 is 0 Å². The van der Waals surface area contributed by atoms with E-state index in [1.165, 1.54) is 0 Å². The van der Waals surface area contributed by atoms with E-state index in [4.69, 9.17) is 48.7 Å². The minimum absolute atomic E-state index is 0. The van der Waals surface area contributed by atoms with Crippen LogP contribution in [0.4, 0.5) is 0 Å². The van der Waals surface area contributed by atoms with Crippen molar-refractivity contribution in [1.82, 2.24) is 39.9 Å². The van der Waals surface area contributed by atoms with Gasteiger partial charge >= 0.3 is 19.5 Å². The zero-order valence-corrected chi connectivity index (χ0v) is 58.4. The average molecular weight is 1180 g/mol. The van der Waals surface area contributed by atoms with Crippen LogP contribution in [0, 0.1) is 23.3 Å². The van der Waals surface area contributed by atoms with Gasteiger partial charge in [0.15, 0.2) is 16.6 Å². The summed E-state index contributed by atoms with van der Waals surface area (Å²) in [4.78, 5) is 42.4. The molecule has 2 aliphatic heterocycles. The molecule has 4 aromatic carbocycles. The molecule has 9 rings (SSSR count). The quantitative estimate of drug-likeness (QED) is 0.117. The second-order valence-corrected chi connectivity index (χ2v) is 43.4. The fourth-order valence-electron chi connectivity index (χ4n) is 8.89. The molecule has 7 aromatic rings. The van der Waals surface area contributed by atoms with Gasteiger partial charge in [0.05, 0.1) is 36.5 Å². The molecule has 0 amide bonds. The Hall–Kier alpha value is -5.71. The van der Waals surface area contributed by atoms with Gasteiger partial charge in [-0.15, -0.1) is 5.54 Å². The summed E-state index contributed by atoms with van der Waals surface area (Å²) in [7, 11) is -6.19. The van der Waals surface area contributed by atoms with E-state index in [1.807, 2.05) is 6.07 Å². The van der Waals surface area contributed by atoms with Gasteiger partial charge in [0.1, 0.15) is 8.07 Å². The van der Waals surface area contributed by atoms with E-state index in [9.17, 15) is 0 Å². The molecule has 5 heterocycles. The van der Waals surface area contributed by atoms with E-state index in [2.05, 4.69) is 240 Å². The Balaban J connectivity index is 0.00000860. The zero-order valence-electron chi connectivity index (χ0n) is 52.4. The third kappa shape index (κ3) is 12.9. The molecular weight excluding hydrogens is 1100 g/mol. The molecule has 81 heavy (non-hydrogen) atoms. The van der Waals surface area contributed by atoms with E-state index in [0.717, 1.165) is 77.2 Å². The van der Waals surface area contributed by atoms with Gasteiger partial charge in [-0.1, -0.05) is 184 Å². The molecule has 0 unspecified atom stereocenters. The molecular formula is C67H82N8O2Si3Zn. The van der Waals surface area contributed by atoms with E-state index in [0.29, 0.717) is 59.1 Å². The molecule has 416 valence electrons. The summed E-state index contributed by atoms with van der Waals surface area (Å²) in [5.74, 6) is 12.9. The fourth-order valence-corrected chi connectivity index (χ4v) is 11.3. The number of aromatic nitrogens is 8. The van der Waals surface area contributed by atoms with Crippen molar-refractivity contribution in [3.63, 3.8) is 0 Å². The predicted octanol–water partition coefficient (Wildman–Crippen LogP) is 16.6. The van der Waals surface area contributed by atoms with Crippen LogP contribution in [0.2, 0.25) is 55.9 Å². The second-order valence-electron chi connectivity index (χ2n) is 29.1. The Morgan fingerprint density at radius 3 is 1.19 bits per heavy atom. The van der Waals surface area contributed by atoms with Crippen molar-refractivity contribution >= 4 is 68.8 Å². The Labute approximate surface area is 498 Å². The van der Waals surface area contributed by atoms with Crippen molar-refractivity contribution < 1.29 is 28.3 Å². The first-order valence-corrected chi connectivity index (χ1v) is 37.5. The summed E-state index contributed by atoms with van der Waals surface area (Å²) in [6.07, 6.45) is 0. The van der Waals surface area contributed by atoms with Crippen molar-refractivity contribution in [3.05, 3.63) is 106 Å². The van der Waals surface area contributed by atoms with Crippen molar-refractivity contribution in [3.8, 4) is 68.9 Å². The minimum atomic E-state index is -2.21. The molecule has 0 saturated carbocycles. The Morgan fingerprint density at radius 2 is 0.778 bits per heavy atom. The molecule has 8 bridgehead atoms. The molecule has 0 radical (unpaired) electrons. The van der Waals surface area contributed by atoms with Gasteiger partial charge in [-0.3, -0.25) is 0 Å². The van der Waals surface area contributed by atoms with Crippen LogP contribution in [-0.4, -0.2) is 67.8 Å². The van der Waals surface area contributed by atoms with Crippen molar-refractivity contribution in [2.24, 2.45) is 0 Å². The first kappa shape index (κ1) is 61.4. The average Bonchev–Trinajstić information content (AvgIpc) is 4.26. The van der Waals surface area contributed by atoms with Crippen molar-refractivity contribution in [1.29, 1.82) is 0 Å². The maximum atomic E-state index is 6.98. The molecule has 0 fully saturated rings. The van der Waals surface area contributed by atoms with Gasteiger partial charge in [-0.2, -0.15) is 0 Å². The van der Waals surface area contributed by atoms with Crippen LogP contribution in [0.1, 0.15) is 126 Å². The minimum Gasteiger partial charge on any atom is -0.412 e. The third-order valence-electron chi connectivity index (χ3n) is 16.4. The van der Waals surface area contributed by atoms with E-state index < -0.39 is 24.7 Å². The predicted molar refractivity (Wildman–Crippen MR) is 341 cm³/mol. The third-order valence-corrected chi connectivity index (χ3v) is 26.2. The SMILES string of the molecule is CC(C)(C)c1ccc2c(c1)-c1nc-2nc2[n-]c(nc3nc(nc4[n-]c(n1)c1ccc(C(C)(C)C)cc41)-c1cc(C#C/C(CO[Si](C)(C)C(C)(C)C)=C(/C#C[Si](C)(C)C)CO[Si](C)(C)C(C)(C)C)ccc1-3)c1cc(C(C)(C)C)ccc21.[Zn+2]. The van der Waals surface area contributed by atoms with Gasteiger partial charge in [-0.05, 0) is 121 Å². The summed E-state index contributed by atoms with van der Waals surface area (Å²) in [6.45, 7) is 50.2. The summed E-state index contributed by atoms with van der Waals surface area (Å²) in [5, 5.41) is 3.49. The van der Waals surface area contributed by atoms with E-state index in [-0.39, 0.29) is 45.8 Å². The largest absolute Gasteiger partial charge is 2.00 e. The summed E-state index contributed by atoms with van der Waals surface area (Å²) in [5.41, 5.74) is 14.6. The molecule has 0 saturated heterocycles. The molecule has 0 aliphatic carbocycles. The van der Waals surface area contributed by atoms with Gasteiger partial charge in [-0.25, -0.2) is 9.97 Å². The van der Waals surface area contributed by atoms with Crippen molar-refractivity contribution in [2.45, 2.75) is 176 Å². The normalized spacial score (nSPS) is 13.7. The summed E-state index contributed by atoms with van der Waals surface area (Å²) >= 11 is 0. The first-order valence-electron chi connectivity index (χ1n) is 28.2. The monoisotopic (exact) mass is 1180 g/mol. The van der Waals surface area contributed by atoms with Crippen LogP contribution in [0.3, 0.4) is 0 Å². The number of fused-ring (bicyclic) bond motifs is 20. The van der Waals surface area contributed by atoms with Crippen LogP contribution in [0.5, 0.6) is 0 Å². The smallest absolute Gasteiger partial charge is 0.412 e. The van der Waals surface area contributed by atoms with Crippen LogP contribution >= 0.6 is 0 Å². The van der Waals surface area contributed by atoms with Crippen LogP contribution in [0.15, 0.2) is 83.9 Å². The molecule has 0 atom stereocenters. The van der Waals surface area contributed by atoms with Crippen LogP contribution < -0.4 is 9.97 Å². The fraction of sp³-hybridized carbons (Fsp3) is 0.433. The van der Waals surface area contributed by atoms with Crippen molar-refractivity contribution in [2.75, 3.05) is 13.2 Å². The number of hydrogen-bond donors (Lipinski definition) is 0. The van der Waals surface area contributed by atoms with E-state index in [1.54, 1.807) is 0 Å². The standard InChI is InChI=1S/C67H82N8O2Si3.Zn/c1-63(2,3)44-26-30-48-52(36-44)60-70-55-47-29-24-41(23-25-42(39-76-79(19,20)66(10,11)12)43(33-34-78(16,17)18)40-77-80(21,22)67(13,14)15)35-51(47)59(69-55)75-62-54-38-46(65(7,8)9)28-32-50(54)58(74-62)73-61-53-37-45(64(4,5)6)27-31-49(53)57(72-61)68-56(48)71-60;/h24,26-32,35-38H,39-40H2,1-22H3;/q-2;+2/b43-42+;. The summed E-state index contributed by atoms with van der Waals surface area (Å²) < 4.78 is 13.9. The number of hydrogen-bond acceptors (Lipinski definition) is 8. The van der Waals surface area contributed by atoms with Gasteiger partial charge < -0.3 is 38.8 Å². The van der Waals surface area contributed by atoms with Gasteiger partial charge in [0.2, 0.25) is 0 Å². The first-order chi connectivity index (χ1) is 36.9.